The smallest absolute Gasteiger partial charge is 0.342 e. The van der Waals surface area contributed by atoms with Crippen molar-refractivity contribution in [2.75, 3.05) is 13.6 Å². The van der Waals surface area contributed by atoms with Crippen LogP contribution in [0.2, 0.25) is 0 Å². The first kappa shape index (κ1) is 14.9. The van der Waals surface area contributed by atoms with Gasteiger partial charge in [0.05, 0.1) is 6.10 Å². The van der Waals surface area contributed by atoms with E-state index in [0.29, 0.717) is 18.9 Å². The molecule has 0 aromatic carbocycles. The third-order valence-electron chi connectivity index (χ3n) is 4.16. The standard InChI is InChI=1S/C13H22N4O3/c1-10-14-9-13(17(19)20)16(10)8-7-15(2)11-5-3-4-6-12(11)18/h9,11-12,18H,3-8H2,1-2H3. The third kappa shape index (κ3) is 3.16. The van der Waals surface area contributed by atoms with Crippen molar-refractivity contribution in [3.05, 3.63) is 22.1 Å². The highest BCUT2D eigenvalue weighted by molar-refractivity contribution is 5.18. The van der Waals surface area contributed by atoms with Crippen LogP contribution in [0.5, 0.6) is 0 Å². The van der Waals surface area contributed by atoms with Gasteiger partial charge in [-0.05, 0) is 24.8 Å². The summed E-state index contributed by atoms with van der Waals surface area (Å²) in [5.74, 6) is 0.675. The van der Waals surface area contributed by atoms with Crippen LogP contribution in [0.4, 0.5) is 5.82 Å². The Kier molecular flexibility index (Phi) is 4.72. The average Bonchev–Trinajstić information content (AvgIpc) is 2.78. The van der Waals surface area contributed by atoms with E-state index in [1.54, 1.807) is 11.5 Å². The Labute approximate surface area is 118 Å². The van der Waals surface area contributed by atoms with E-state index in [-0.39, 0.29) is 18.0 Å². The van der Waals surface area contributed by atoms with Crippen LogP contribution in [-0.2, 0) is 6.54 Å². The molecule has 112 valence electrons. The van der Waals surface area contributed by atoms with Crippen molar-refractivity contribution < 1.29 is 10.0 Å². The highest BCUT2D eigenvalue weighted by atomic mass is 16.6. The molecule has 2 unspecified atom stereocenters. The summed E-state index contributed by atoms with van der Waals surface area (Å²) in [5.41, 5.74) is 0. The lowest BCUT2D eigenvalue weighted by Crippen LogP contribution is -2.44. The summed E-state index contributed by atoms with van der Waals surface area (Å²) in [7, 11) is 1.97. The number of aryl methyl sites for hydroxylation is 1. The van der Waals surface area contributed by atoms with Gasteiger partial charge in [-0.3, -0.25) is 4.90 Å². The number of aromatic nitrogens is 2. The minimum absolute atomic E-state index is 0.0279. The lowest BCUT2D eigenvalue weighted by atomic mass is 9.91. The molecule has 2 rings (SSSR count). The van der Waals surface area contributed by atoms with Gasteiger partial charge in [-0.1, -0.05) is 12.8 Å². The molecule has 0 aliphatic heterocycles. The molecule has 0 bridgehead atoms. The molecular formula is C13H22N4O3. The van der Waals surface area contributed by atoms with E-state index in [0.717, 1.165) is 25.7 Å². The van der Waals surface area contributed by atoms with E-state index in [2.05, 4.69) is 9.88 Å². The highest BCUT2D eigenvalue weighted by Crippen LogP contribution is 2.22. The molecule has 7 nitrogen and oxygen atoms in total. The Bertz CT molecular complexity index is 474. The number of likely N-dealkylation sites (N-methyl/N-ethyl adjacent to an activating group) is 1. The van der Waals surface area contributed by atoms with Gasteiger partial charge in [-0.15, -0.1) is 0 Å². The van der Waals surface area contributed by atoms with E-state index >= 15 is 0 Å². The van der Waals surface area contributed by atoms with Crippen LogP contribution < -0.4 is 0 Å². The van der Waals surface area contributed by atoms with E-state index in [9.17, 15) is 15.2 Å². The van der Waals surface area contributed by atoms with E-state index < -0.39 is 4.92 Å². The Morgan fingerprint density at radius 3 is 2.90 bits per heavy atom. The number of nitro groups is 1. The Morgan fingerprint density at radius 1 is 1.55 bits per heavy atom. The second-order valence-electron chi connectivity index (χ2n) is 5.47. The van der Waals surface area contributed by atoms with Crippen LogP contribution >= 0.6 is 0 Å². The summed E-state index contributed by atoms with van der Waals surface area (Å²) < 4.78 is 1.62. The second-order valence-corrected chi connectivity index (χ2v) is 5.47. The number of nitrogens with zero attached hydrogens (tertiary/aromatic N) is 4. The predicted octanol–water partition coefficient (Wildman–Crippen LogP) is 1.34. The van der Waals surface area contributed by atoms with Crippen LogP contribution in [0, 0.1) is 17.0 Å². The molecule has 1 saturated carbocycles. The lowest BCUT2D eigenvalue weighted by molar-refractivity contribution is -0.392. The molecule has 0 radical (unpaired) electrons. The lowest BCUT2D eigenvalue weighted by Gasteiger charge is -2.34. The maximum Gasteiger partial charge on any atom is 0.342 e. The molecule has 1 aliphatic rings. The number of rotatable bonds is 5. The van der Waals surface area contributed by atoms with Crippen molar-refractivity contribution in [1.82, 2.24) is 14.5 Å². The molecular weight excluding hydrogens is 260 g/mol. The minimum atomic E-state index is -0.407. The normalized spacial score (nSPS) is 23.2. The monoisotopic (exact) mass is 282 g/mol. The SMILES string of the molecule is Cc1ncc([N+](=O)[O-])n1CCN(C)C1CCCCC1O. The van der Waals surface area contributed by atoms with Crippen LogP contribution in [0.3, 0.4) is 0 Å². The molecule has 1 aromatic rings. The zero-order chi connectivity index (χ0) is 14.7. The van der Waals surface area contributed by atoms with Crippen LogP contribution in [0.1, 0.15) is 31.5 Å². The summed E-state index contributed by atoms with van der Waals surface area (Å²) in [5, 5.41) is 20.9. The van der Waals surface area contributed by atoms with Crippen molar-refractivity contribution in [3.63, 3.8) is 0 Å². The summed E-state index contributed by atoms with van der Waals surface area (Å²) in [6.45, 7) is 2.95. The van der Waals surface area contributed by atoms with Gasteiger partial charge in [0.25, 0.3) is 0 Å². The minimum Gasteiger partial charge on any atom is -0.391 e. The molecule has 1 aliphatic carbocycles. The summed E-state index contributed by atoms with van der Waals surface area (Å²) in [6, 6.07) is 0.159. The zero-order valence-corrected chi connectivity index (χ0v) is 12.0. The number of imidazole rings is 1. The van der Waals surface area contributed by atoms with Gasteiger partial charge in [0, 0.05) is 19.5 Å². The molecule has 0 amide bonds. The maximum absolute atomic E-state index is 10.9. The fourth-order valence-corrected chi connectivity index (χ4v) is 2.91. The maximum atomic E-state index is 10.9. The van der Waals surface area contributed by atoms with Crippen molar-refractivity contribution in [1.29, 1.82) is 0 Å². The average molecular weight is 282 g/mol. The summed E-state index contributed by atoms with van der Waals surface area (Å²) in [6.07, 6.45) is 5.06. The number of hydrogen-bond donors (Lipinski definition) is 1. The number of aliphatic hydroxyl groups excluding tert-OH is 1. The quantitative estimate of drug-likeness (QED) is 0.650. The molecule has 0 spiro atoms. The Morgan fingerprint density at radius 2 is 2.25 bits per heavy atom. The molecule has 20 heavy (non-hydrogen) atoms. The first-order valence-electron chi connectivity index (χ1n) is 7.05. The fourth-order valence-electron chi connectivity index (χ4n) is 2.91. The summed E-state index contributed by atoms with van der Waals surface area (Å²) in [4.78, 5) is 16.6. The van der Waals surface area contributed by atoms with E-state index in [4.69, 9.17) is 0 Å². The molecule has 1 aromatic heterocycles. The van der Waals surface area contributed by atoms with Gasteiger partial charge in [0.15, 0.2) is 5.82 Å². The Hall–Kier alpha value is -1.47. The zero-order valence-electron chi connectivity index (χ0n) is 12.0. The van der Waals surface area contributed by atoms with Gasteiger partial charge < -0.3 is 15.2 Å². The number of hydrogen-bond acceptors (Lipinski definition) is 5. The van der Waals surface area contributed by atoms with Gasteiger partial charge in [-0.25, -0.2) is 9.55 Å². The van der Waals surface area contributed by atoms with Crippen LogP contribution in [-0.4, -0.2) is 50.2 Å². The first-order chi connectivity index (χ1) is 9.50. The predicted molar refractivity (Wildman–Crippen MR) is 74.5 cm³/mol. The molecule has 0 saturated heterocycles. The van der Waals surface area contributed by atoms with Gasteiger partial charge >= 0.3 is 5.82 Å². The number of aliphatic hydroxyl groups is 1. The van der Waals surface area contributed by atoms with Gasteiger partial charge in [0.1, 0.15) is 12.7 Å². The molecule has 1 fully saturated rings. The van der Waals surface area contributed by atoms with E-state index in [1.165, 1.54) is 6.20 Å². The van der Waals surface area contributed by atoms with Crippen molar-refractivity contribution in [2.45, 2.75) is 51.3 Å². The first-order valence-corrected chi connectivity index (χ1v) is 7.05. The van der Waals surface area contributed by atoms with Gasteiger partial charge in [-0.2, -0.15) is 0 Å². The second kappa shape index (κ2) is 6.32. The van der Waals surface area contributed by atoms with Gasteiger partial charge in [0.2, 0.25) is 0 Å². The van der Waals surface area contributed by atoms with Crippen LogP contribution in [0.25, 0.3) is 0 Å². The van der Waals surface area contributed by atoms with E-state index in [1.807, 2.05) is 7.05 Å². The largest absolute Gasteiger partial charge is 0.391 e. The van der Waals surface area contributed by atoms with Crippen LogP contribution in [0.15, 0.2) is 6.20 Å². The molecule has 7 heteroatoms. The van der Waals surface area contributed by atoms with Crippen molar-refractivity contribution >= 4 is 5.82 Å². The molecule has 1 N–H and O–H groups in total. The highest BCUT2D eigenvalue weighted by Gasteiger charge is 2.27. The fraction of sp³-hybridized carbons (Fsp3) is 0.769. The molecule has 2 atom stereocenters. The van der Waals surface area contributed by atoms with Crippen molar-refractivity contribution in [2.24, 2.45) is 0 Å². The third-order valence-corrected chi connectivity index (χ3v) is 4.16. The summed E-state index contributed by atoms with van der Waals surface area (Å²) >= 11 is 0. The topological polar surface area (TPSA) is 84.4 Å². The molecule has 1 heterocycles. The Balaban J connectivity index is 1.98. The van der Waals surface area contributed by atoms with Crippen molar-refractivity contribution in [3.8, 4) is 0 Å².